The number of methoxy groups -OCH3 is 1. The molecule has 2 aromatic heterocycles. The third-order valence-corrected chi connectivity index (χ3v) is 5.92. The summed E-state index contributed by atoms with van der Waals surface area (Å²) >= 11 is 9.89. The quantitative estimate of drug-likeness (QED) is 0.274. The Morgan fingerprint density at radius 3 is 2.68 bits per heavy atom. The molecular formula is C25H22BrClN4O3. The van der Waals surface area contributed by atoms with Crippen molar-refractivity contribution in [2.24, 2.45) is 0 Å². The number of halogens is 2. The van der Waals surface area contributed by atoms with Crippen LogP contribution in [0.3, 0.4) is 0 Å². The predicted molar refractivity (Wildman–Crippen MR) is 134 cm³/mol. The highest BCUT2D eigenvalue weighted by Gasteiger charge is 2.20. The second-order valence-corrected chi connectivity index (χ2v) is 8.82. The van der Waals surface area contributed by atoms with Crippen molar-refractivity contribution in [1.82, 2.24) is 19.5 Å². The number of nitrogens with zero attached hydrogens (tertiary/aromatic N) is 4. The van der Waals surface area contributed by atoms with E-state index < -0.39 is 5.97 Å². The molecule has 0 amide bonds. The van der Waals surface area contributed by atoms with Crippen molar-refractivity contribution < 1.29 is 14.3 Å². The number of rotatable bonds is 7. The number of carbonyl (C=O) groups excluding carboxylic acids is 1. The van der Waals surface area contributed by atoms with Crippen LogP contribution >= 0.6 is 27.5 Å². The van der Waals surface area contributed by atoms with Crippen molar-refractivity contribution in [3.8, 4) is 22.7 Å². The van der Waals surface area contributed by atoms with E-state index >= 15 is 0 Å². The smallest absolute Gasteiger partial charge is 0.341 e. The predicted octanol–water partition coefficient (Wildman–Crippen LogP) is 5.83. The summed E-state index contributed by atoms with van der Waals surface area (Å²) < 4.78 is 13.6. The zero-order valence-corrected chi connectivity index (χ0v) is 21.2. The third-order valence-electron chi connectivity index (χ3n) is 5.12. The number of hydrogen-bond donors (Lipinski definition) is 0. The molecule has 9 heteroatoms. The monoisotopic (exact) mass is 540 g/mol. The number of ether oxygens (including phenoxy) is 2. The number of aromatic nitrogens is 4. The number of carbonyl (C=O) groups is 1. The Bertz CT molecular complexity index is 1360. The molecule has 0 spiro atoms. The molecule has 0 fully saturated rings. The zero-order valence-electron chi connectivity index (χ0n) is 18.9. The van der Waals surface area contributed by atoms with E-state index in [0.717, 1.165) is 21.4 Å². The maximum atomic E-state index is 12.6. The van der Waals surface area contributed by atoms with Crippen LogP contribution in [0.15, 0.2) is 59.6 Å². The second-order valence-electron chi connectivity index (χ2n) is 7.50. The lowest BCUT2D eigenvalue weighted by atomic mass is 10.1. The Morgan fingerprint density at radius 1 is 1.18 bits per heavy atom. The number of benzene rings is 2. The first kappa shape index (κ1) is 23.9. The SMILES string of the molecule is CCOC(=O)c1cnc(Cc2ccc(-n3cnc(C)c3)c(OC)c2)nc1-c1ccc(Br)cc1Cl. The van der Waals surface area contributed by atoms with Gasteiger partial charge in [-0.05, 0) is 43.7 Å². The molecular weight excluding hydrogens is 520 g/mol. The maximum absolute atomic E-state index is 12.6. The van der Waals surface area contributed by atoms with E-state index in [1.807, 2.05) is 48.0 Å². The molecule has 0 N–H and O–H groups in total. The minimum Gasteiger partial charge on any atom is -0.495 e. The summed E-state index contributed by atoms with van der Waals surface area (Å²) in [6, 6.07) is 11.3. The molecule has 2 aromatic carbocycles. The van der Waals surface area contributed by atoms with Gasteiger partial charge < -0.3 is 14.0 Å². The first-order chi connectivity index (χ1) is 16.4. The van der Waals surface area contributed by atoms with Crippen LogP contribution in [0.5, 0.6) is 5.75 Å². The maximum Gasteiger partial charge on any atom is 0.341 e. The number of esters is 1. The van der Waals surface area contributed by atoms with Crippen LogP contribution in [0.4, 0.5) is 0 Å². The average Bonchev–Trinajstić information content (AvgIpc) is 3.25. The molecule has 0 saturated heterocycles. The van der Waals surface area contributed by atoms with Gasteiger partial charge in [0.05, 0.1) is 42.1 Å². The van der Waals surface area contributed by atoms with Crippen LogP contribution in [0, 0.1) is 6.92 Å². The molecule has 4 rings (SSSR count). The summed E-state index contributed by atoms with van der Waals surface area (Å²) in [7, 11) is 1.63. The van der Waals surface area contributed by atoms with Crippen molar-refractivity contribution >= 4 is 33.5 Å². The average molecular weight is 542 g/mol. The van der Waals surface area contributed by atoms with E-state index in [9.17, 15) is 4.79 Å². The first-order valence-corrected chi connectivity index (χ1v) is 11.7. The van der Waals surface area contributed by atoms with Crippen LogP contribution in [0.2, 0.25) is 5.02 Å². The molecule has 0 unspecified atom stereocenters. The summed E-state index contributed by atoms with van der Waals surface area (Å²) in [6.07, 6.45) is 5.61. The fraction of sp³-hybridized carbons (Fsp3) is 0.200. The van der Waals surface area contributed by atoms with Gasteiger partial charge in [-0.15, -0.1) is 0 Å². The summed E-state index contributed by atoms with van der Waals surface area (Å²) in [5, 5.41) is 0.464. The van der Waals surface area contributed by atoms with Gasteiger partial charge >= 0.3 is 5.97 Å². The van der Waals surface area contributed by atoms with Gasteiger partial charge in [0.2, 0.25) is 0 Å². The molecule has 34 heavy (non-hydrogen) atoms. The van der Waals surface area contributed by atoms with E-state index in [2.05, 4.69) is 25.9 Å². The first-order valence-electron chi connectivity index (χ1n) is 10.6. The van der Waals surface area contributed by atoms with Gasteiger partial charge in [0.15, 0.2) is 0 Å². The minimum atomic E-state index is -0.496. The van der Waals surface area contributed by atoms with E-state index in [0.29, 0.717) is 34.3 Å². The molecule has 0 aliphatic carbocycles. The molecule has 174 valence electrons. The molecule has 4 aromatic rings. The highest BCUT2D eigenvalue weighted by molar-refractivity contribution is 9.10. The summed E-state index contributed by atoms with van der Waals surface area (Å²) in [6.45, 7) is 3.93. The fourth-order valence-electron chi connectivity index (χ4n) is 3.53. The molecule has 0 radical (unpaired) electrons. The number of aryl methyl sites for hydroxylation is 1. The van der Waals surface area contributed by atoms with Gasteiger partial charge in [0.25, 0.3) is 0 Å². The van der Waals surface area contributed by atoms with Gasteiger partial charge in [0, 0.05) is 28.9 Å². The lowest BCUT2D eigenvalue weighted by Gasteiger charge is -2.13. The van der Waals surface area contributed by atoms with E-state index in [-0.39, 0.29) is 12.2 Å². The largest absolute Gasteiger partial charge is 0.495 e. The molecule has 0 bridgehead atoms. The van der Waals surface area contributed by atoms with Gasteiger partial charge in [-0.1, -0.05) is 39.7 Å². The van der Waals surface area contributed by atoms with Crippen LogP contribution < -0.4 is 4.74 Å². The van der Waals surface area contributed by atoms with Gasteiger partial charge in [0.1, 0.15) is 17.1 Å². The van der Waals surface area contributed by atoms with E-state index in [1.165, 1.54) is 6.20 Å². The standard InChI is InChI=1S/C25H22BrClN4O3/c1-4-34-25(32)19-12-28-23(30-24(19)18-7-6-17(26)11-20(18)27)10-16-5-8-21(22(9-16)33-3)31-13-15(2)29-14-31/h5-9,11-14H,4,10H2,1-3H3. The highest BCUT2D eigenvalue weighted by Crippen LogP contribution is 2.32. The van der Waals surface area contributed by atoms with Crippen LogP contribution in [0.25, 0.3) is 16.9 Å². The Labute approximate surface area is 210 Å². The van der Waals surface area contributed by atoms with Crippen molar-refractivity contribution in [1.29, 1.82) is 0 Å². The van der Waals surface area contributed by atoms with E-state index in [4.69, 9.17) is 26.1 Å². The summed E-state index contributed by atoms with van der Waals surface area (Å²) in [4.78, 5) is 26.0. The Kier molecular flexibility index (Phi) is 7.29. The number of hydrogen-bond acceptors (Lipinski definition) is 6. The third kappa shape index (κ3) is 5.13. The van der Waals surface area contributed by atoms with Crippen LogP contribution in [-0.4, -0.2) is 39.2 Å². The van der Waals surface area contributed by atoms with Crippen LogP contribution in [0.1, 0.15) is 34.4 Å². The van der Waals surface area contributed by atoms with Crippen molar-refractivity contribution in [3.05, 3.63) is 87.3 Å². The Hall–Kier alpha value is -3.23. The summed E-state index contributed by atoms with van der Waals surface area (Å²) in [5.41, 5.74) is 4.07. The Morgan fingerprint density at radius 2 is 2.00 bits per heavy atom. The van der Waals surface area contributed by atoms with Gasteiger partial charge in [-0.3, -0.25) is 0 Å². The number of imidazole rings is 1. The lowest BCUT2D eigenvalue weighted by Crippen LogP contribution is -2.11. The molecule has 2 heterocycles. The molecule has 0 aliphatic rings. The minimum absolute atomic E-state index is 0.247. The van der Waals surface area contributed by atoms with Crippen LogP contribution in [-0.2, 0) is 11.2 Å². The topological polar surface area (TPSA) is 79.1 Å². The fourth-order valence-corrected chi connectivity index (χ4v) is 4.29. The van der Waals surface area contributed by atoms with Crippen molar-refractivity contribution in [2.45, 2.75) is 20.3 Å². The highest BCUT2D eigenvalue weighted by atomic mass is 79.9. The molecule has 0 aliphatic heterocycles. The van der Waals surface area contributed by atoms with Crippen molar-refractivity contribution in [3.63, 3.8) is 0 Å². The van der Waals surface area contributed by atoms with Crippen molar-refractivity contribution in [2.75, 3.05) is 13.7 Å². The summed E-state index contributed by atoms with van der Waals surface area (Å²) in [5.74, 6) is 0.745. The lowest BCUT2D eigenvalue weighted by molar-refractivity contribution is 0.0526. The van der Waals surface area contributed by atoms with Gasteiger partial charge in [-0.25, -0.2) is 19.7 Å². The van der Waals surface area contributed by atoms with E-state index in [1.54, 1.807) is 26.4 Å². The normalized spacial score (nSPS) is 10.9. The second kappa shape index (κ2) is 10.4. The molecule has 0 atom stereocenters. The molecule has 0 saturated carbocycles. The Balaban J connectivity index is 1.72. The van der Waals surface area contributed by atoms with Gasteiger partial charge in [-0.2, -0.15) is 0 Å². The molecule has 7 nitrogen and oxygen atoms in total. The zero-order chi connectivity index (χ0) is 24.2.